The second kappa shape index (κ2) is 7.79. The predicted molar refractivity (Wildman–Crippen MR) is 96.3 cm³/mol. The number of aryl methyl sites for hydroxylation is 1. The molecule has 130 valence electrons. The number of carbonyl (C=O) groups is 2. The summed E-state index contributed by atoms with van der Waals surface area (Å²) in [4.78, 5) is 32.4. The van der Waals surface area contributed by atoms with E-state index in [0.717, 1.165) is 16.9 Å². The summed E-state index contributed by atoms with van der Waals surface area (Å²) in [5, 5.41) is 2.88. The van der Waals surface area contributed by atoms with Crippen LogP contribution in [0.4, 0.5) is 10.5 Å². The van der Waals surface area contributed by atoms with E-state index in [9.17, 15) is 9.59 Å². The zero-order chi connectivity index (χ0) is 17.6. The minimum absolute atomic E-state index is 0.107. The fourth-order valence-corrected chi connectivity index (χ4v) is 2.87. The van der Waals surface area contributed by atoms with Crippen LogP contribution < -0.4 is 5.32 Å². The second-order valence-corrected chi connectivity index (χ2v) is 6.15. The van der Waals surface area contributed by atoms with Gasteiger partial charge in [-0.05, 0) is 24.6 Å². The van der Waals surface area contributed by atoms with Crippen molar-refractivity contribution in [1.82, 2.24) is 14.8 Å². The van der Waals surface area contributed by atoms with Crippen molar-refractivity contribution in [2.75, 3.05) is 31.5 Å². The molecule has 1 saturated heterocycles. The van der Waals surface area contributed by atoms with Crippen molar-refractivity contribution in [3.05, 3.63) is 59.9 Å². The predicted octanol–water partition coefficient (Wildman–Crippen LogP) is 2.31. The van der Waals surface area contributed by atoms with Crippen LogP contribution in [0.2, 0.25) is 0 Å². The van der Waals surface area contributed by atoms with E-state index in [1.54, 1.807) is 17.2 Å². The highest BCUT2D eigenvalue weighted by Gasteiger charge is 2.24. The summed E-state index contributed by atoms with van der Waals surface area (Å²) in [7, 11) is 0. The zero-order valence-electron chi connectivity index (χ0n) is 14.3. The average molecular weight is 338 g/mol. The molecule has 1 N–H and O–H groups in total. The van der Waals surface area contributed by atoms with Gasteiger partial charge in [0.2, 0.25) is 5.91 Å². The number of piperazine rings is 1. The largest absolute Gasteiger partial charge is 0.339 e. The number of urea groups is 1. The number of benzene rings is 1. The summed E-state index contributed by atoms with van der Waals surface area (Å²) in [5.74, 6) is 0.107. The Balaban J connectivity index is 1.49. The van der Waals surface area contributed by atoms with Crippen LogP contribution in [-0.2, 0) is 11.2 Å². The van der Waals surface area contributed by atoms with E-state index in [2.05, 4.69) is 10.3 Å². The van der Waals surface area contributed by atoms with Crippen molar-refractivity contribution < 1.29 is 9.59 Å². The molecule has 2 heterocycles. The molecule has 1 aliphatic heterocycles. The maximum atomic E-state index is 12.4. The van der Waals surface area contributed by atoms with Crippen LogP contribution in [0.3, 0.4) is 0 Å². The van der Waals surface area contributed by atoms with E-state index in [4.69, 9.17) is 0 Å². The van der Waals surface area contributed by atoms with Gasteiger partial charge in [-0.15, -0.1) is 0 Å². The molecule has 3 rings (SSSR count). The second-order valence-electron chi connectivity index (χ2n) is 6.15. The molecule has 0 atom stereocenters. The van der Waals surface area contributed by atoms with Gasteiger partial charge < -0.3 is 15.1 Å². The van der Waals surface area contributed by atoms with Crippen molar-refractivity contribution in [2.24, 2.45) is 0 Å². The first-order chi connectivity index (χ1) is 12.1. The number of pyridine rings is 1. The SMILES string of the molecule is Cc1cc(NC(=O)N2CCN(C(=O)Cc3ccccc3)CC2)ccn1. The summed E-state index contributed by atoms with van der Waals surface area (Å²) < 4.78 is 0. The molecular weight excluding hydrogens is 316 g/mol. The lowest BCUT2D eigenvalue weighted by Crippen LogP contribution is -2.52. The number of anilines is 1. The third-order valence-electron chi connectivity index (χ3n) is 4.27. The lowest BCUT2D eigenvalue weighted by Gasteiger charge is -2.34. The summed E-state index contributed by atoms with van der Waals surface area (Å²) in [6.45, 7) is 4.09. The smallest absolute Gasteiger partial charge is 0.321 e. The highest BCUT2D eigenvalue weighted by Crippen LogP contribution is 2.11. The van der Waals surface area contributed by atoms with Gasteiger partial charge in [-0.3, -0.25) is 9.78 Å². The molecule has 0 saturated carbocycles. The third kappa shape index (κ3) is 4.56. The zero-order valence-corrected chi connectivity index (χ0v) is 14.3. The van der Waals surface area contributed by atoms with Gasteiger partial charge in [0.1, 0.15) is 0 Å². The standard InChI is InChI=1S/C19H22N4O2/c1-15-13-17(7-8-20-15)21-19(25)23-11-9-22(10-12-23)18(24)14-16-5-3-2-4-6-16/h2-8,13H,9-12,14H2,1H3,(H,20,21,25). The molecule has 3 amide bonds. The summed E-state index contributed by atoms with van der Waals surface area (Å²) in [6, 6.07) is 13.2. The Labute approximate surface area is 147 Å². The van der Waals surface area contributed by atoms with Gasteiger partial charge in [0.05, 0.1) is 6.42 Å². The molecule has 1 aromatic carbocycles. The van der Waals surface area contributed by atoms with Gasteiger partial charge in [0.25, 0.3) is 0 Å². The number of amides is 3. The minimum atomic E-state index is -0.138. The fraction of sp³-hybridized carbons (Fsp3) is 0.316. The number of hydrogen-bond donors (Lipinski definition) is 1. The van der Waals surface area contributed by atoms with E-state index in [-0.39, 0.29) is 11.9 Å². The fourth-order valence-electron chi connectivity index (χ4n) is 2.87. The first-order valence-corrected chi connectivity index (χ1v) is 8.42. The topological polar surface area (TPSA) is 65.5 Å². The number of nitrogens with one attached hydrogen (secondary N) is 1. The average Bonchev–Trinajstić information content (AvgIpc) is 2.62. The Morgan fingerprint density at radius 3 is 2.40 bits per heavy atom. The molecule has 1 aliphatic rings. The molecule has 1 aromatic heterocycles. The third-order valence-corrected chi connectivity index (χ3v) is 4.27. The van der Waals surface area contributed by atoms with Crippen molar-refractivity contribution in [1.29, 1.82) is 0 Å². The minimum Gasteiger partial charge on any atom is -0.339 e. The monoisotopic (exact) mass is 338 g/mol. The van der Waals surface area contributed by atoms with Crippen LogP contribution in [0.5, 0.6) is 0 Å². The van der Waals surface area contributed by atoms with Crippen molar-refractivity contribution in [2.45, 2.75) is 13.3 Å². The number of rotatable bonds is 3. The highest BCUT2D eigenvalue weighted by atomic mass is 16.2. The molecule has 25 heavy (non-hydrogen) atoms. The van der Waals surface area contributed by atoms with Crippen LogP contribution in [0.15, 0.2) is 48.7 Å². The maximum Gasteiger partial charge on any atom is 0.321 e. The highest BCUT2D eigenvalue weighted by molar-refractivity contribution is 5.89. The van der Waals surface area contributed by atoms with Gasteiger partial charge in [-0.25, -0.2) is 4.79 Å². The number of carbonyl (C=O) groups excluding carboxylic acids is 2. The van der Waals surface area contributed by atoms with E-state index in [1.807, 2.05) is 48.2 Å². The molecule has 1 fully saturated rings. The lowest BCUT2D eigenvalue weighted by molar-refractivity contribution is -0.131. The van der Waals surface area contributed by atoms with Crippen molar-refractivity contribution in [3.63, 3.8) is 0 Å². The Bertz CT molecular complexity index is 740. The molecule has 0 radical (unpaired) electrons. The normalized spacial score (nSPS) is 14.3. The number of nitrogens with zero attached hydrogens (tertiary/aromatic N) is 3. The van der Waals surface area contributed by atoms with Crippen LogP contribution >= 0.6 is 0 Å². The van der Waals surface area contributed by atoms with Gasteiger partial charge in [-0.2, -0.15) is 0 Å². The van der Waals surface area contributed by atoms with Crippen LogP contribution in [0.25, 0.3) is 0 Å². The van der Waals surface area contributed by atoms with Crippen LogP contribution in [0.1, 0.15) is 11.3 Å². The van der Waals surface area contributed by atoms with E-state index < -0.39 is 0 Å². The molecule has 0 spiro atoms. The molecule has 0 bridgehead atoms. The maximum absolute atomic E-state index is 12.4. The van der Waals surface area contributed by atoms with Gasteiger partial charge in [0, 0.05) is 43.8 Å². The van der Waals surface area contributed by atoms with Crippen LogP contribution in [0, 0.1) is 6.92 Å². The summed E-state index contributed by atoms with van der Waals surface area (Å²) >= 11 is 0. The first-order valence-electron chi connectivity index (χ1n) is 8.42. The quantitative estimate of drug-likeness (QED) is 0.934. The van der Waals surface area contributed by atoms with E-state index >= 15 is 0 Å². The molecule has 6 nitrogen and oxygen atoms in total. The van der Waals surface area contributed by atoms with Gasteiger partial charge in [-0.1, -0.05) is 30.3 Å². The van der Waals surface area contributed by atoms with E-state index in [1.165, 1.54) is 0 Å². The Hall–Kier alpha value is -2.89. The number of aromatic nitrogens is 1. The van der Waals surface area contributed by atoms with Crippen molar-refractivity contribution in [3.8, 4) is 0 Å². The van der Waals surface area contributed by atoms with Crippen LogP contribution in [-0.4, -0.2) is 52.9 Å². The molecule has 6 heteroatoms. The lowest BCUT2D eigenvalue weighted by atomic mass is 10.1. The molecule has 0 unspecified atom stereocenters. The van der Waals surface area contributed by atoms with Gasteiger partial charge in [0.15, 0.2) is 0 Å². The number of hydrogen-bond acceptors (Lipinski definition) is 3. The Morgan fingerprint density at radius 2 is 1.72 bits per heavy atom. The summed E-state index contributed by atoms with van der Waals surface area (Å²) in [5.41, 5.74) is 2.61. The van der Waals surface area contributed by atoms with Gasteiger partial charge >= 0.3 is 6.03 Å². The first kappa shape index (κ1) is 17.0. The summed E-state index contributed by atoms with van der Waals surface area (Å²) in [6.07, 6.45) is 2.08. The Kier molecular flexibility index (Phi) is 5.28. The molecular formula is C19H22N4O2. The van der Waals surface area contributed by atoms with E-state index in [0.29, 0.717) is 32.6 Å². The Morgan fingerprint density at radius 1 is 1.04 bits per heavy atom. The van der Waals surface area contributed by atoms with Crippen molar-refractivity contribution >= 4 is 17.6 Å². The molecule has 0 aliphatic carbocycles. The molecule has 2 aromatic rings.